The molecule has 0 spiro atoms. The molecular formula is C21H26N4O4. The third-order valence-electron chi connectivity index (χ3n) is 5.11. The Morgan fingerprint density at radius 2 is 1.93 bits per heavy atom. The van der Waals surface area contributed by atoms with Gasteiger partial charge in [0.25, 0.3) is 5.91 Å². The Labute approximate surface area is 169 Å². The lowest BCUT2D eigenvalue weighted by Gasteiger charge is -2.31. The second-order valence-corrected chi connectivity index (χ2v) is 7.10. The fourth-order valence-electron chi connectivity index (χ4n) is 3.60. The smallest absolute Gasteiger partial charge is 0.276 e. The number of aryl methyl sites for hydroxylation is 1. The number of oxazole rings is 1. The number of nitrogens with zero attached hydrogens (tertiary/aromatic N) is 3. The lowest BCUT2D eigenvalue weighted by atomic mass is 10.0. The van der Waals surface area contributed by atoms with Crippen LogP contribution in [0.1, 0.15) is 47.6 Å². The molecule has 1 aliphatic heterocycles. The molecule has 1 aliphatic rings. The topological polar surface area (TPSA) is 95.8 Å². The molecule has 2 aromatic rings. The van der Waals surface area contributed by atoms with E-state index in [1.807, 2.05) is 30.3 Å². The number of amides is 3. The lowest BCUT2D eigenvalue weighted by molar-refractivity contribution is -0.132. The van der Waals surface area contributed by atoms with Crippen LogP contribution in [0.5, 0.6) is 0 Å². The molecule has 29 heavy (non-hydrogen) atoms. The molecule has 1 aromatic carbocycles. The van der Waals surface area contributed by atoms with Gasteiger partial charge in [0.05, 0.1) is 12.5 Å². The zero-order valence-electron chi connectivity index (χ0n) is 16.8. The van der Waals surface area contributed by atoms with Crippen molar-refractivity contribution in [2.24, 2.45) is 0 Å². The molecule has 154 valence electrons. The van der Waals surface area contributed by atoms with Crippen molar-refractivity contribution in [2.45, 2.75) is 32.7 Å². The molecule has 1 fully saturated rings. The van der Waals surface area contributed by atoms with E-state index in [4.69, 9.17) is 4.42 Å². The number of hydrogen-bond acceptors (Lipinski definition) is 5. The minimum atomic E-state index is -0.339. The first-order chi connectivity index (χ1) is 14.0. The van der Waals surface area contributed by atoms with Crippen molar-refractivity contribution in [1.82, 2.24) is 20.1 Å². The van der Waals surface area contributed by atoms with Crippen molar-refractivity contribution in [1.29, 1.82) is 0 Å². The molecule has 3 amide bonds. The van der Waals surface area contributed by atoms with Gasteiger partial charge in [0.1, 0.15) is 5.76 Å². The molecule has 1 saturated heterocycles. The van der Waals surface area contributed by atoms with Crippen molar-refractivity contribution in [3.8, 4) is 0 Å². The molecule has 8 heteroatoms. The molecule has 0 bridgehead atoms. The number of benzene rings is 1. The average Bonchev–Trinajstić information content (AvgIpc) is 3.12. The van der Waals surface area contributed by atoms with Gasteiger partial charge in [-0.25, -0.2) is 4.98 Å². The first-order valence-corrected chi connectivity index (χ1v) is 9.75. The fraction of sp³-hybridized carbons (Fsp3) is 0.429. The molecule has 0 radical (unpaired) electrons. The fourth-order valence-corrected chi connectivity index (χ4v) is 3.60. The number of aromatic nitrogens is 1. The number of carbonyl (C=O) groups is 3. The van der Waals surface area contributed by atoms with Crippen LogP contribution in [0.3, 0.4) is 0 Å². The molecule has 3 rings (SSSR count). The summed E-state index contributed by atoms with van der Waals surface area (Å²) in [6.07, 6.45) is 2.03. The average molecular weight is 398 g/mol. The Balaban J connectivity index is 1.81. The Morgan fingerprint density at radius 1 is 1.17 bits per heavy atom. The summed E-state index contributed by atoms with van der Waals surface area (Å²) in [7, 11) is 0. The van der Waals surface area contributed by atoms with E-state index < -0.39 is 0 Å². The van der Waals surface area contributed by atoms with Gasteiger partial charge in [0.2, 0.25) is 11.8 Å². The van der Waals surface area contributed by atoms with E-state index in [1.54, 1.807) is 16.7 Å². The third-order valence-corrected chi connectivity index (χ3v) is 5.11. The van der Waals surface area contributed by atoms with Gasteiger partial charge < -0.3 is 19.5 Å². The first-order valence-electron chi connectivity index (χ1n) is 9.75. The predicted molar refractivity (Wildman–Crippen MR) is 106 cm³/mol. The number of hydrogen-bond donors (Lipinski definition) is 1. The Kier molecular flexibility index (Phi) is 6.64. The summed E-state index contributed by atoms with van der Waals surface area (Å²) in [4.78, 5) is 45.1. The summed E-state index contributed by atoms with van der Waals surface area (Å²) in [5.74, 6) is -0.0327. The molecule has 1 N–H and O–H groups in total. The second-order valence-electron chi connectivity index (χ2n) is 7.10. The molecular weight excluding hydrogens is 372 g/mol. The van der Waals surface area contributed by atoms with Gasteiger partial charge in [-0.3, -0.25) is 14.4 Å². The van der Waals surface area contributed by atoms with Gasteiger partial charge in [-0.05, 0) is 18.9 Å². The summed E-state index contributed by atoms with van der Waals surface area (Å²) >= 11 is 0. The van der Waals surface area contributed by atoms with Crippen LogP contribution in [0.4, 0.5) is 0 Å². The second kappa shape index (κ2) is 9.36. The van der Waals surface area contributed by atoms with Gasteiger partial charge in [-0.1, -0.05) is 30.3 Å². The molecule has 8 nitrogen and oxygen atoms in total. The van der Waals surface area contributed by atoms with E-state index in [-0.39, 0.29) is 35.9 Å². The minimum Gasteiger partial charge on any atom is -0.448 e. The molecule has 1 atom stereocenters. The molecule has 1 unspecified atom stereocenters. The van der Waals surface area contributed by atoms with E-state index in [9.17, 15) is 14.4 Å². The molecule has 2 heterocycles. The van der Waals surface area contributed by atoms with Crippen molar-refractivity contribution in [2.75, 3.05) is 26.2 Å². The molecule has 1 aromatic heterocycles. The zero-order chi connectivity index (χ0) is 20.8. The predicted octanol–water partition coefficient (Wildman–Crippen LogP) is 1.93. The summed E-state index contributed by atoms with van der Waals surface area (Å²) in [6.45, 7) is 4.80. The SMILES string of the molecule is CC(=O)N1CCCN(C(=O)c2ncoc2C)CCNC(=O)CC1c1ccccc1. The largest absolute Gasteiger partial charge is 0.448 e. The Hall–Kier alpha value is -3.16. The standard InChI is InChI=1S/C21H26N4O4/c1-15-20(23-14-29-15)21(28)24-10-6-11-25(16(2)26)18(13-19(27)22-9-12-24)17-7-4-3-5-8-17/h3-5,7-8,14,18H,6,9-13H2,1-2H3,(H,22,27). The van der Waals surface area contributed by atoms with Crippen LogP contribution in [0, 0.1) is 6.92 Å². The minimum absolute atomic E-state index is 0.101. The third kappa shape index (κ3) is 5.01. The summed E-state index contributed by atoms with van der Waals surface area (Å²) in [6, 6.07) is 9.22. The maximum atomic E-state index is 12.8. The quantitative estimate of drug-likeness (QED) is 0.834. The normalized spacial score (nSPS) is 18.7. The highest BCUT2D eigenvalue weighted by Gasteiger charge is 2.27. The van der Waals surface area contributed by atoms with E-state index in [1.165, 1.54) is 13.3 Å². The van der Waals surface area contributed by atoms with E-state index in [0.717, 1.165) is 5.56 Å². The maximum Gasteiger partial charge on any atom is 0.276 e. The van der Waals surface area contributed by atoms with Crippen molar-refractivity contribution < 1.29 is 18.8 Å². The number of nitrogens with one attached hydrogen (secondary N) is 1. The van der Waals surface area contributed by atoms with Gasteiger partial charge >= 0.3 is 0 Å². The number of carbonyl (C=O) groups excluding carboxylic acids is 3. The van der Waals surface area contributed by atoms with Gasteiger partial charge in [-0.2, -0.15) is 0 Å². The number of rotatable bonds is 2. The van der Waals surface area contributed by atoms with Crippen molar-refractivity contribution in [3.05, 3.63) is 53.7 Å². The van der Waals surface area contributed by atoms with Gasteiger partial charge in [0, 0.05) is 33.1 Å². The van der Waals surface area contributed by atoms with Crippen LogP contribution in [-0.4, -0.2) is 58.7 Å². The Morgan fingerprint density at radius 3 is 2.59 bits per heavy atom. The summed E-state index contributed by atoms with van der Waals surface area (Å²) in [5.41, 5.74) is 1.19. The summed E-state index contributed by atoms with van der Waals surface area (Å²) in [5, 5.41) is 2.87. The van der Waals surface area contributed by atoms with E-state index >= 15 is 0 Å². The van der Waals surface area contributed by atoms with Crippen LogP contribution in [-0.2, 0) is 9.59 Å². The summed E-state index contributed by atoms with van der Waals surface area (Å²) < 4.78 is 5.14. The van der Waals surface area contributed by atoms with E-state index in [2.05, 4.69) is 10.3 Å². The lowest BCUT2D eigenvalue weighted by Crippen LogP contribution is -2.39. The first kappa shape index (κ1) is 20.6. The van der Waals surface area contributed by atoms with Crippen LogP contribution in [0.25, 0.3) is 0 Å². The zero-order valence-corrected chi connectivity index (χ0v) is 16.8. The van der Waals surface area contributed by atoms with Crippen LogP contribution in [0.15, 0.2) is 41.1 Å². The van der Waals surface area contributed by atoms with Gasteiger partial charge in [0.15, 0.2) is 12.1 Å². The highest BCUT2D eigenvalue weighted by Crippen LogP contribution is 2.25. The van der Waals surface area contributed by atoms with Crippen LogP contribution >= 0.6 is 0 Å². The highest BCUT2D eigenvalue weighted by molar-refractivity contribution is 5.93. The maximum absolute atomic E-state index is 12.8. The Bertz CT molecular complexity index is 865. The molecule has 0 saturated carbocycles. The molecule has 0 aliphatic carbocycles. The van der Waals surface area contributed by atoms with Crippen molar-refractivity contribution in [3.63, 3.8) is 0 Å². The highest BCUT2D eigenvalue weighted by atomic mass is 16.3. The van der Waals surface area contributed by atoms with Crippen molar-refractivity contribution >= 4 is 17.7 Å². The van der Waals surface area contributed by atoms with Gasteiger partial charge in [-0.15, -0.1) is 0 Å². The monoisotopic (exact) mass is 398 g/mol. The van der Waals surface area contributed by atoms with Crippen LogP contribution in [0.2, 0.25) is 0 Å². The van der Waals surface area contributed by atoms with E-state index in [0.29, 0.717) is 38.4 Å². The van der Waals surface area contributed by atoms with Crippen LogP contribution < -0.4 is 5.32 Å².